The van der Waals surface area contributed by atoms with Crippen LogP contribution in [-0.2, 0) is 11.8 Å². The van der Waals surface area contributed by atoms with E-state index in [9.17, 15) is 19.7 Å². The van der Waals surface area contributed by atoms with Crippen molar-refractivity contribution in [1.82, 2.24) is 14.7 Å². The number of carboxylic acid groups (broad SMARTS) is 1. The molecule has 0 radical (unpaired) electrons. The fourth-order valence-electron chi connectivity index (χ4n) is 2.13. The van der Waals surface area contributed by atoms with Gasteiger partial charge in [0.05, 0.1) is 10.5 Å². The maximum Gasteiger partial charge on any atom is 0.326 e. The van der Waals surface area contributed by atoms with Gasteiger partial charge in [-0.15, -0.1) is 0 Å². The smallest absolute Gasteiger partial charge is 0.326 e. The van der Waals surface area contributed by atoms with Crippen LogP contribution < -0.4 is 0 Å². The summed E-state index contributed by atoms with van der Waals surface area (Å²) in [6.07, 6.45) is 1.49. The zero-order chi connectivity index (χ0) is 18.0. The molecule has 2 aromatic rings. The molecule has 0 aliphatic carbocycles. The molecule has 0 fully saturated rings. The van der Waals surface area contributed by atoms with E-state index in [0.29, 0.717) is 11.3 Å². The maximum atomic E-state index is 12.6. The van der Waals surface area contributed by atoms with Crippen molar-refractivity contribution in [2.75, 3.05) is 7.05 Å². The number of nitrogens with zero attached hydrogens (tertiary/aromatic N) is 4. The Labute approximate surface area is 137 Å². The number of benzene rings is 1. The first kappa shape index (κ1) is 17.1. The van der Waals surface area contributed by atoms with Gasteiger partial charge in [0.25, 0.3) is 11.6 Å². The van der Waals surface area contributed by atoms with Crippen LogP contribution in [0, 0.1) is 10.1 Å². The molecule has 0 saturated carbocycles. The minimum Gasteiger partial charge on any atom is -0.480 e. The molecule has 0 bridgehead atoms. The largest absolute Gasteiger partial charge is 0.480 e. The van der Waals surface area contributed by atoms with E-state index in [4.69, 9.17) is 5.11 Å². The number of aliphatic carboxylic acids is 1. The summed E-state index contributed by atoms with van der Waals surface area (Å²) < 4.78 is 1.43. The predicted octanol–water partition coefficient (Wildman–Crippen LogP) is 1.54. The lowest BCUT2D eigenvalue weighted by Gasteiger charge is -2.21. The Morgan fingerprint density at radius 3 is 2.42 bits per heavy atom. The van der Waals surface area contributed by atoms with Gasteiger partial charge in [-0.3, -0.25) is 19.6 Å². The van der Waals surface area contributed by atoms with Gasteiger partial charge in [-0.25, -0.2) is 4.79 Å². The lowest BCUT2D eigenvalue weighted by atomic mass is 10.1. The molecule has 9 heteroatoms. The monoisotopic (exact) mass is 332 g/mol. The lowest BCUT2D eigenvalue weighted by molar-refractivity contribution is -0.384. The van der Waals surface area contributed by atoms with E-state index in [2.05, 4.69) is 5.10 Å². The van der Waals surface area contributed by atoms with E-state index in [1.54, 1.807) is 7.05 Å². The highest BCUT2D eigenvalue weighted by Crippen LogP contribution is 2.25. The van der Waals surface area contributed by atoms with Crippen molar-refractivity contribution in [2.45, 2.75) is 13.0 Å². The number of carbonyl (C=O) groups excluding carboxylic acids is 1. The summed E-state index contributed by atoms with van der Waals surface area (Å²) in [5.74, 6) is -1.61. The first-order valence-corrected chi connectivity index (χ1v) is 7.00. The summed E-state index contributed by atoms with van der Waals surface area (Å²) in [5.41, 5.74) is 1.02. The lowest BCUT2D eigenvalue weighted by Crippen LogP contribution is -2.40. The second kappa shape index (κ2) is 6.49. The maximum absolute atomic E-state index is 12.6. The van der Waals surface area contributed by atoms with Crippen molar-refractivity contribution in [1.29, 1.82) is 0 Å². The van der Waals surface area contributed by atoms with Gasteiger partial charge in [-0.2, -0.15) is 5.10 Å². The van der Waals surface area contributed by atoms with Crippen LogP contribution in [-0.4, -0.2) is 49.7 Å². The molecule has 0 aliphatic rings. The zero-order valence-corrected chi connectivity index (χ0v) is 13.3. The Morgan fingerprint density at radius 2 is 1.92 bits per heavy atom. The van der Waals surface area contributed by atoms with E-state index < -0.39 is 22.8 Å². The molecule has 1 N–H and O–H groups in total. The van der Waals surface area contributed by atoms with E-state index in [1.165, 1.54) is 49.1 Å². The number of aryl methyl sites for hydroxylation is 1. The average Bonchev–Trinajstić information content (AvgIpc) is 2.94. The van der Waals surface area contributed by atoms with Gasteiger partial charge >= 0.3 is 5.97 Å². The number of hydrogen-bond donors (Lipinski definition) is 1. The SMILES string of the molecule is CC(C(=O)O)N(C)C(=O)c1cn(C)nc1-c1ccc([N+](=O)[O-])cc1. The molecule has 1 atom stereocenters. The number of rotatable bonds is 5. The second-order valence-electron chi connectivity index (χ2n) is 5.30. The van der Waals surface area contributed by atoms with Gasteiger partial charge in [0, 0.05) is 38.0 Å². The topological polar surface area (TPSA) is 119 Å². The Hall–Kier alpha value is -3.23. The number of nitro groups is 1. The van der Waals surface area contributed by atoms with Gasteiger partial charge in [-0.05, 0) is 19.1 Å². The molecule has 1 aromatic carbocycles. The molecule has 1 aromatic heterocycles. The number of hydrogen-bond acceptors (Lipinski definition) is 5. The summed E-state index contributed by atoms with van der Waals surface area (Å²) in [6.45, 7) is 1.40. The summed E-state index contributed by atoms with van der Waals surface area (Å²) in [5, 5.41) is 24.0. The summed E-state index contributed by atoms with van der Waals surface area (Å²) >= 11 is 0. The highest BCUT2D eigenvalue weighted by Gasteiger charge is 2.26. The van der Waals surface area contributed by atoms with Gasteiger partial charge < -0.3 is 10.0 Å². The molecule has 126 valence electrons. The van der Waals surface area contributed by atoms with E-state index >= 15 is 0 Å². The second-order valence-corrected chi connectivity index (χ2v) is 5.30. The van der Waals surface area contributed by atoms with Crippen molar-refractivity contribution >= 4 is 17.6 Å². The van der Waals surface area contributed by atoms with Crippen LogP contribution >= 0.6 is 0 Å². The van der Waals surface area contributed by atoms with Crippen molar-refractivity contribution in [3.63, 3.8) is 0 Å². The molecule has 0 spiro atoms. The Balaban J connectivity index is 2.42. The fraction of sp³-hybridized carbons (Fsp3) is 0.267. The number of nitro benzene ring substituents is 1. The number of non-ortho nitro benzene ring substituents is 1. The molecule has 1 heterocycles. The van der Waals surface area contributed by atoms with Crippen LogP contribution in [0.25, 0.3) is 11.3 Å². The minimum atomic E-state index is -1.12. The predicted molar refractivity (Wildman–Crippen MR) is 84.5 cm³/mol. The normalized spacial score (nSPS) is 11.8. The standard InChI is InChI=1S/C15H16N4O5/c1-9(15(21)22)18(3)14(20)12-8-17(2)16-13(12)10-4-6-11(7-5-10)19(23)24/h4-9H,1-3H3,(H,21,22). The summed E-state index contributed by atoms with van der Waals surface area (Å²) in [6, 6.07) is 4.64. The van der Waals surface area contributed by atoms with Crippen molar-refractivity contribution in [2.24, 2.45) is 7.05 Å². The number of carbonyl (C=O) groups is 2. The molecule has 1 unspecified atom stereocenters. The number of carboxylic acids is 1. The van der Waals surface area contributed by atoms with Crippen molar-refractivity contribution in [3.05, 3.63) is 46.1 Å². The summed E-state index contributed by atoms with van der Waals surface area (Å²) in [4.78, 5) is 34.9. The van der Waals surface area contributed by atoms with Crippen molar-refractivity contribution < 1.29 is 19.6 Å². The minimum absolute atomic E-state index is 0.0702. The highest BCUT2D eigenvalue weighted by atomic mass is 16.6. The third-order valence-electron chi connectivity index (χ3n) is 3.67. The van der Waals surface area contributed by atoms with Crippen LogP contribution in [0.4, 0.5) is 5.69 Å². The van der Waals surface area contributed by atoms with E-state index in [-0.39, 0.29) is 11.3 Å². The molecule has 9 nitrogen and oxygen atoms in total. The Bertz CT molecular complexity index is 797. The molecular formula is C15H16N4O5. The van der Waals surface area contributed by atoms with Gasteiger partial charge in [0.1, 0.15) is 11.7 Å². The van der Waals surface area contributed by atoms with Crippen molar-refractivity contribution in [3.8, 4) is 11.3 Å². The van der Waals surface area contributed by atoms with Gasteiger partial charge in [0.2, 0.25) is 0 Å². The molecule has 0 saturated heterocycles. The van der Waals surface area contributed by atoms with Crippen LogP contribution in [0.2, 0.25) is 0 Å². The molecule has 1 amide bonds. The van der Waals surface area contributed by atoms with Gasteiger partial charge in [0.15, 0.2) is 0 Å². The molecule has 2 rings (SSSR count). The first-order valence-electron chi connectivity index (χ1n) is 7.00. The van der Waals surface area contributed by atoms with Crippen LogP contribution in [0.3, 0.4) is 0 Å². The molecule has 0 aliphatic heterocycles. The quantitative estimate of drug-likeness (QED) is 0.655. The highest BCUT2D eigenvalue weighted by molar-refractivity contribution is 6.01. The average molecular weight is 332 g/mol. The summed E-state index contributed by atoms with van der Waals surface area (Å²) in [7, 11) is 3.03. The number of aromatic nitrogens is 2. The van der Waals surface area contributed by atoms with E-state index in [1.807, 2.05) is 0 Å². The third kappa shape index (κ3) is 3.24. The molecule has 24 heavy (non-hydrogen) atoms. The van der Waals surface area contributed by atoms with Crippen LogP contribution in [0.5, 0.6) is 0 Å². The Morgan fingerprint density at radius 1 is 1.33 bits per heavy atom. The first-order chi connectivity index (χ1) is 11.2. The number of likely N-dealkylation sites (N-methyl/N-ethyl adjacent to an activating group) is 1. The van der Waals surface area contributed by atoms with Gasteiger partial charge in [-0.1, -0.05) is 0 Å². The van der Waals surface area contributed by atoms with E-state index in [0.717, 1.165) is 4.90 Å². The van der Waals surface area contributed by atoms with Crippen LogP contribution in [0.1, 0.15) is 17.3 Å². The van der Waals surface area contributed by atoms with Crippen LogP contribution in [0.15, 0.2) is 30.5 Å². The third-order valence-corrected chi connectivity index (χ3v) is 3.67. The zero-order valence-electron chi connectivity index (χ0n) is 13.3. The number of amides is 1. The fourth-order valence-corrected chi connectivity index (χ4v) is 2.13. The Kier molecular flexibility index (Phi) is 4.63. The molecular weight excluding hydrogens is 316 g/mol.